The Labute approximate surface area is 336 Å². The first kappa shape index (κ1) is 37.0. The second-order valence-electron chi connectivity index (χ2n) is 17.9. The van der Waals surface area contributed by atoms with Crippen LogP contribution in [0.3, 0.4) is 0 Å². The predicted octanol–water partition coefficient (Wildman–Crippen LogP) is 11.2. The molecule has 4 aromatic rings. The van der Waals surface area contributed by atoms with Gasteiger partial charge in [0.25, 0.3) is 0 Å². The smallest absolute Gasteiger partial charge is 0.197 e. The van der Waals surface area contributed by atoms with Gasteiger partial charge in [-0.05, 0) is 105 Å². The van der Waals surface area contributed by atoms with Crippen molar-refractivity contribution in [3.05, 3.63) is 101 Å². The summed E-state index contributed by atoms with van der Waals surface area (Å²) in [7, 11) is 0. The molecule has 5 aliphatic rings. The van der Waals surface area contributed by atoms with Crippen LogP contribution in [0.2, 0.25) is 0 Å². The Morgan fingerprint density at radius 2 is 1.14 bits per heavy atom. The Balaban J connectivity index is 1.11. The molecule has 0 spiro atoms. The van der Waals surface area contributed by atoms with Crippen molar-refractivity contribution in [3.8, 4) is 0 Å². The minimum absolute atomic E-state index is 0.104. The van der Waals surface area contributed by atoms with Gasteiger partial charge < -0.3 is 29.3 Å². The molecule has 1 unspecified atom stereocenters. The highest BCUT2D eigenvalue weighted by Gasteiger charge is 2.35. The maximum atomic E-state index is 6.35. The summed E-state index contributed by atoms with van der Waals surface area (Å²) in [6, 6.07) is 21.5. The molecular formula is C47H54N8O2. The zero-order chi connectivity index (χ0) is 39.3. The number of aliphatic imine (C=N–C) groups is 4. The Morgan fingerprint density at radius 3 is 1.68 bits per heavy atom. The molecule has 5 aliphatic heterocycles. The van der Waals surface area contributed by atoms with E-state index in [4.69, 9.17) is 28.8 Å². The second-order valence-corrected chi connectivity index (χ2v) is 17.9. The lowest BCUT2D eigenvalue weighted by molar-refractivity contribution is 0.418. The van der Waals surface area contributed by atoms with Gasteiger partial charge in [0, 0.05) is 71.6 Å². The van der Waals surface area contributed by atoms with Crippen molar-refractivity contribution in [2.24, 2.45) is 25.9 Å². The average Bonchev–Trinajstić information content (AvgIpc) is 3.89. The molecule has 57 heavy (non-hydrogen) atoms. The van der Waals surface area contributed by atoms with Crippen molar-refractivity contribution in [2.75, 3.05) is 46.6 Å². The molecule has 0 saturated carbocycles. The van der Waals surface area contributed by atoms with Gasteiger partial charge >= 0.3 is 0 Å². The topological polar surface area (TPSA) is 106 Å². The molecule has 1 atom stereocenters. The number of anilines is 6. The number of hydrogen-bond acceptors (Lipinski definition) is 10. The SMILES string of the molecule is CC(C)(C)c1ccc(Nc2cc(N3CCCCC3)ccc2C2=CC3=CC(c4ccc(N5CCCCC5)cc4Nc4ccc(C(C)(C)C)o4)=NC4=NC=NC(=N2)C34)o1. The molecule has 2 saturated heterocycles. The predicted molar refractivity (Wildman–Crippen MR) is 236 cm³/mol. The zero-order valence-electron chi connectivity index (χ0n) is 34.2. The fourth-order valence-electron chi connectivity index (χ4n) is 8.31. The van der Waals surface area contributed by atoms with Gasteiger partial charge in [-0.3, -0.25) is 0 Å². The van der Waals surface area contributed by atoms with Crippen LogP contribution in [-0.2, 0) is 10.8 Å². The number of dihydropyridines is 1. The summed E-state index contributed by atoms with van der Waals surface area (Å²) in [5, 5.41) is 7.30. The number of hydrogen-bond donors (Lipinski definition) is 2. The van der Waals surface area contributed by atoms with Gasteiger partial charge in [0.2, 0.25) is 0 Å². The van der Waals surface area contributed by atoms with Gasteiger partial charge in [-0.2, -0.15) is 0 Å². The van der Waals surface area contributed by atoms with E-state index >= 15 is 0 Å². The minimum Gasteiger partial charge on any atom is -0.445 e. The number of allylic oxidation sites excluding steroid dienone is 2. The molecule has 2 aromatic carbocycles. The van der Waals surface area contributed by atoms with Crippen molar-refractivity contribution < 1.29 is 8.83 Å². The lowest BCUT2D eigenvalue weighted by atomic mass is 9.86. The van der Waals surface area contributed by atoms with Gasteiger partial charge in [-0.15, -0.1) is 0 Å². The van der Waals surface area contributed by atoms with Crippen molar-refractivity contribution >= 4 is 63.9 Å². The monoisotopic (exact) mass is 762 g/mol. The number of nitrogens with one attached hydrogen (secondary N) is 2. The number of furan rings is 2. The molecule has 7 heterocycles. The van der Waals surface area contributed by atoms with Crippen molar-refractivity contribution in [3.63, 3.8) is 0 Å². The standard InChI is InChI=1S/C47H54N8O2/c1-46(2,3)39-17-19-41(56-39)50-37-27-31(54-21-9-7-10-22-54)13-15-33(37)35-25-30-26-36(53-45-43(30)44(52-35)48-29-49-45)34-16-14-32(55-23-11-8-12-24-55)28-38(34)51-42-20-18-40(57-42)47(4,5)6/h13-20,25-29,43,50-51H,7-12,21-24H2,1-6H3. The summed E-state index contributed by atoms with van der Waals surface area (Å²) in [6.45, 7) is 17.2. The van der Waals surface area contributed by atoms with E-state index in [1.807, 2.05) is 12.1 Å². The first-order valence-corrected chi connectivity index (χ1v) is 20.7. The normalized spacial score (nSPS) is 19.6. The summed E-state index contributed by atoms with van der Waals surface area (Å²) < 4.78 is 12.7. The molecule has 2 N–H and O–H groups in total. The van der Waals surface area contributed by atoms with Crippen molar-refractivity contribution in [1.82, 2.24) is 0 Å². The third kappa shape index (κ3) is 7.62. The van der Waals surface area contributed by atoms with Gasteiger partial charge in [-0.1, -0.05) is 41.5 Å². The molecule has 0 radical (unpaired) electrons. The highest BCUT2D eigenvalue weighted by atomic mass is 16.4. The number of benzene rings is 2. The molecule has 294 valence electrons. The summed E-state index contributed by atoms with van der Waals surface area (Å²) >= 11 is 0. The maximum Gasteiger partial charge on any atom is 0.197 e. The third-order valence-corrected chi connectivity index (χ3v) is 11.5. The largest absolute Gasteiger partial charge is 0.445 e. The van der Waals surface area contributed by atoms with E-state index in [1.54, 1.807) is 6.34 Å². The van der Waals surface area contributed by atoms with Crippen LogP contribution in [0.15, 0.2) is 107 Å². The first-order valence-electron chi connectivity index (χ1n) is 20.7. The molecule has 10 nitrogen and oxygen atoms in total. The van der Waals surface area contributed by atoms with E-state index in [2.05, 4.69) is 123 Å². The minimum atomic E-state index is -0.241. The Bertz CT molecular complexity index is 2240. The highest BCUT2D eigenvalue weighted by Crippen LogP contribution is 2.41. The summed E-state index contributed by atoms with van der Waals surface area (Å²) in [5.41, 5.74) is 8.71. The van der Waals surface area contributed by atoms with Gasteiger partial charge in [-0.25, -0.2) is 20.0 Å². The first-order chi connectivity index (χ1) is 27.5. The molecule has 2 fully saturated rings. The Morgan fingerprint density at radius 1 is 0.596 bits per heavy atom. The van der Waals surface area contributed by atoms with Crippen LogP contribution in [-0.4, -0.2) is 49.9 Å². The van der Waals surface area contributed by atoms with Crippen LogP contribution < -0.4 is 20.4 Å². The number of amidine groups is 2. The summed E-state index contributed by atoms with van der Waals surface area (Å²) in [4.78, 5) is 24.7. The number of nitrogens with zero attached hydrogens (tertiary/aromatic N) is 6. The Hall–Kier alpha value is -5.64. The maximum absolute atomic E-state index is 6.35. The zero-order valence-corrected chi connectivity index (χ0v) is 34.2. The molecule has 0 aliphatic carbocycles. The van der Waals surface area contributed by atoms with Gasteiger partial charge in [0.15, 0.2) is 11.8 Å². The lowest BCUT2D eigenvalue weighted by Crippen LogP contribution is -2.32. The van der Waals surface area contributed by atoms with Crippen LogP contribution in [0.5, 0.6) is 0 Å². The highest BCUT2D eigenvalue weighted by molar-refractivity contribution is 6.27. The number of rotatable bonds is 8. The van der Waals surface area contributed by atoms with E-state index in [9.17, 15) is 0 Å². The quantitative estimate of drug-likeness (QED) is 0.185. The fraction of sp³-hybridized carbons (Fsp3) is 0.404. The lowest BCUT2D eigenvalue weighted by Gasteiger charge is -2.31. The molecule has 10 heteroatoms. The molecule has 0 amide bonds. The van der Waals surface area contributed by atoms with E-state index in [-0.39, 0.29) is 16.7 Å². The van der Waals surface area contributed by atoms with Crippen molar-refractivity contribution in [1.29, 1.82) is 0 Å². The van der Waals surface area contributed by atoms with Gasteiger partial charge in [0.1, 0.15) is 35.4 Å². The third-order valence-electron chi connectivity index (χ3n) is 11.5. The van der Waals surface area contributed by atoms with Crippen LogP contribution >= 0.6 is 0 Å². The second kappa shape index (κ2) is 14.7. The van der Waals surface area contributed by atoms with Crippen LogP contribution in [0.4, 0.5) is 34.5 Å². The summed E-state index contributed by atoms with van der Waals surface area (Å²) in [5.74, 6) is 4.41. The molecule has 9 rings (SSSR count). The van der Waals surface area contributed by atoms with Crippen LogP contribution in [0, 0.1) is 5.92 Å². The molecule has 0 bridgehead atoms. The molecular weight excluding hydrogens is 709 g/mol. The average molecular weight is 763 g/mol. The Kier molecular flexibility index (Phi) is 9.53. The van der Waals surface area contributed by atoms with Crippen molar-refractivity contribution in [2.45, 2.75) is 90.9 Å². The van der Waals surface area contributed by atoms with E-state index < -0.39 is 0 Å². The summed E-state index contributed by atoms with van der Waals surface area (Å²) in [6.07, 6.45) is 13.3. The van der Waals surface area contributed by atoms with Crippen LogP contribution in [0.25, 0.3) is 5.70 Å². The number of piperidine rings is 2. The van der Waals surface area contributed by atoms with Crippen LogP contribution in [0.1, 0.15) is 103 Å². The van der Waals surface area contributed by atoms with E-state index in [0.717, 1.165) is 77.2 Å². The van der Waals surface area contributed by atoms with E-state index in [0.29, 0.717) is 23.4 Å². The van der Waals surface area contributed by atoms with Gasteiger partial charge in [0.05, 0.1) is 22.8 Å². The molecule has 2 aromatic heterocycles. The fourth-order valence-corrected chi connectivity index (χ4v) is 8.31. The van der Waals surface area contributed by atoms with E-state index in [1.165, 1.54) is 49.9 Å².